The molecule has 3 fully saturated rings. The van der Waals surface area contributed by atoms with E-state index in [2.05, 4.69) is 31.3 Å². The minimum absolute atomic E-state index is 0.249. The Bertz CT molecular complexity index is 2130. The highest BCUT2D eigenvalue weighted by atomic mass is 16.8. The van der Waals surface area contributed by atoms with E-state index in [9.17, 15) is 61.0 Å². The second-order valence-electron chi connectivity index (χ2n) is 34.5. The van der Waals surface area contributed by atoms with E-state index in [1.807, 2.05) is 6.08 Å². The summed E-state index contributed by atoms with van der Waals surface area (Å²) >= 11 is 0. The van der Waals surface area contributed by atoms with Crippen molar-refractivity contribution in [2.75, 3.05) is 26.4 Å². The molecule has 3 rings (SSSR count). The molecule has 1 amide bonds. The van der Waals surface area contributed by atoms with Gasteiger partial charge in [-0.25, -0.2) is 0 Å². The lowest BCUT2D eigenvalue weighted by Crippen LogP contribution is -2.66. The number of amides is 1. The summed E-state index contributed by atoms with van der Waals surface area (Å²) in [6.45, 7) is 1.82. The minimum atomic E-state index is -1.98. The van der Waals surface area contributed by atoms with Crippen molar-refractivity contribution in [2.24, 2.45) is 0 Å². The van der Waals surface area contributed by atoms with Crippen LogP contribution in [0, 0.1) is 0 Å². The van der Waals surface area contributed by atoms with Crippen LogP contribution in [0.1, 0.15) is 438 Å². The molecule has 3 aliphatic heterocycles. The van der Waals surface area contributed by atoms with E-state index < -0.39 is 124 Å². The lowest BCUT2D eigenvalue weighted by atomic mass is 9.96. The summed E-state index contributed by atoms with van der Waals surface area (Å²) in [5.74, 6) is -0.265. The summed E-state index contributed by atoms with van der Waals surface area (Å²) in [5, 5.41) is 121. The van der Waals surface area contributed by atoms with Crippen LogP contribution < -0.4 is 5.32 Å². The van der Waals surface area contributed by atoms with E-state index in [-0.39, 0.29) is 18.9 Å². The van der Waals surface area contributed by atoms with Crippen molar-refractivity contribution in [2.45, 2.75) is 542 Å². The van der Waals surface area contributed by atoms with E-state index >= 15 is 0 Å². The van der Waals surface area contributed by atoms with Crippen molar-refractivity contribution in [3.05, 3.63) is 24.3 Å². The number of aliphatic hydroxyl groups excluding tert-OH is 11. The first kappa shape index (κ1) is 105. The molecule has 113 heavy (non-hydrogen) atoms. The molecule has 17 unspecified atom stereocenters. The molecular weight excluding hydrogens is 1430 g/mol. The molecule has 3 heterocycles. The maximum atomic E-state index is 13.5. The quantitative estimate of drug-likeness (QED) is 0.0199. The fourth-order valence-electron chi connectivity index (χ4n) is 16.6. The zero-order valence-electron chi connectivity index (χ0n) is 72.4. The van der Waals surface area contributed by atoms with Gasteiger partial charge < -0.3 is 89.9 Å². The molecule has 19 nitrogen and oxygen atoms in total. The first-order valence-corrected chi connectivity index (χ1v) is 48.1. The number of hydrogen-bond acceptors (Lipinski definition) is 18. The third-order valence-corrected chi connectivity index (χ3v) is 24.2. The van der Waals surface area contributed by atoms with E-state index in [0.29, 0.717) is 6.42 Å². The molecule has 3 aliphatic rings. The molecule has 0 saturated carbocycles. The van der Waals surface area contributed by atoms with Crippen LogP contribution in [-0.4, -0.2) is 193 Å². The van der Waals surface area contributed by atoms with Gasteiger partial charge in [0.15, 0.2) is 18.9 Å². The highest BCUT2D eigenvalue weighted by Gasteiger charge is 2.54. The van der Waals surface area contributed by atoms with Crippen LogP contribution >= 0.6 is 0 Å². The van der Waals surface area contributed by atoms with Crippen LogP contribution in [-0.2, 0) is 33.2 Å². The lowest BCUT2D eigenvalue weighted by molar-refractivity contribution is -0.379. The number of ether oxygens (including phenoxy) is 6. The molecule has 17 atom stereocenters. The zero-order valence-corrected chi connectivity index (χ0v) is 72.4. The molecule has 0 aromatic heterocycles. The molecule has 0 aliphatic carbocycles. The van der Waals surface area contributed by atoms with Crippen LogP contribution in [0.4, 0.5) is 0 Å². The summed E-state index contributed by atoms with van der Waals surface area (Å²) in [6.07, 6.45) is 67.8. The van der Waals surface area contributed by atoms with Gasteiger partial charge in [0.05, 0.1) is 38.6 Å². The van der Waals surface area contributed by atoms with Gasteiger partial charge in [-0.3, -0.25) is 4.79 Å². The van der Waals surface area contributed by atoms with Crippen molar-refractivity contribution in [3.8, 4) is 0 Å². The number of hydrogen-bond donors (Lipinski definition) is 12. The zero-order chi connectivity index (χ0) is 81.7. The van der Waals surface area contributed by atoms with Crippen molar-refractivity contribution >= 4 is 5.91 Å². The summed E-state index contributed by atoms with van der Waals surface area (Å²) in [4.78, 5) is 13.5. The molecule has 12 N–H and O–H groups in total. The van der Waals surface area contributed by atoms with Crippen molar-refractivity contribution < 1.29 is 89.4 Å². The Morgan fingerprint density at radius 2 is 0.558 bits per heavy atom. The van der Waals surface area contributed by atoms with Gasteiger partial charge >= 0.3 is 0 Å². The van der Waals surface area contributed by atoms with E-state index in [1.165, 1.54) is 366 Å². The Kier molecular flexibility index (Phi) is 69.2. The number of carbonyl (C=O) groups is 1. The Balaban J connectivity index is 1.30. The Morgan fingerprint density at radius 1 is 0.310 bits per heavy atom. The Morgan fingerprint density at radius 3 is 0.858 bits per heavy atom. The number of nitrogens with one attached hydrogen (secondary N) is 1. The molecule has 19 heteroatoms. The number of rotatable bonds is 80. The number of aliphatic hydroxyl groups is 11. The third kappa shape index (κ3) is 52.3. The summed E-state index contributed by atoms with van der Waals surface area (Å²) in [7, 11) is 0. The fraction of sp³-hybridized carbons (Fsp3) is 0.947. The van der Waals surface area contributed by atoms with Gasteiger partial charge in [0.2, 0.25) is 5.91 Å². The van der Waals surface area contributed by atoms with E-state index in [0.717, 1.165) is 44.9 Å². The van der Waals surface area contributed by atoms with Crippen LogP contribution in [0.3, 0.4) is 0 Å². The molecule has 0 spiro atoms. The van der Waals surface area contributed by atoms with Gasteiger partial charge in [-0.2, -0.15) is 0 Å². The van der Waals surface area contributed by atoms with Gasteiger partial charge in [-0.15, -0.1) is 0 Å². The fourth-order valence-corrected chi connectivity index (χ4v) is 16.6. The molecule has 0 aromatic carbocycles. The van der Waals surface area contributed by atoms with Gasteiger partial charge in [-0.1, -0.05) is 411 Å². The monoisotopic (exact) mass is 1610 g/mol. The first-order chi connectivity index (χ1) is 55.3. The minimum Gasteiger partial charge on any atom is -0.394 e. The van der Waals surface area contributed by atoms with Gasteiger partial charge in [-0.05, 0) is 44.9 Å². The average molecular weight is 1610 g/mol. The second-order valence-corrected chi connectivity index (χ2v) is 34.5. The predicted octanol–water partition coefficient (Wildman–Crippen LogP) is 19.2. The van der Waals surface area contributed by atoms with Crippen LogP contribution in [0.5, 0.6) is 0 Å². The third-order valence-electron chi connectivity index (χ3n) is 24.2. The van der Waals surface area contributed by atoms with Crippen molar-refractivity contribution in [1.82, 2.24) is 5.32 Å². The summed E-state index contributed by atoms with van der Waals surface area (Å²) in [6, 6.07) is -0.973. The van der Waals surface area contributed by atoms with Gasteiger partial charge in [0.1, 0.15) is 73.2 Å². The highest BCUT2D eigenvalue weighted by Crippen LogP contribution is 2.34. The van der Waals surface area contributed by atoms with E-state index in [1.54, 1.807) is 6.08 Å². The lowest BCUT2D eigenvalue weighted by Gasteiger charge is -2.48. The predicted molar refractivity (Wildman–Crippen MR) is 457 cm³/mol. The summed E-state index contributed by atoms with van der Waals surface area (Å²) < 4.78 is 34.6. The van der Waals surface area contributed by atoms with Gasteiger partial charge in [0.25, 0.3) is 0 Å². The Hall–Kier alpha value is -1.73. The normalized spacial score (nSPS) is 24.8. The van der Waals surface area contributed by atoms with Crippen LogP contribution in [0.25, 0.3) is 0 Å². The standard InChI is InChI=1S/C94H179NO18/c1-3-5-7-9-11-13-15-17-19-21-23-25-27-29-31-33-35-36-37-38-39-40-42-44-46-48-50-52-54-56-58-60-62-64-66-68-70-72-82(100)95-77(78(99)71-69-67-65-63-61-59-57-55-53-51-49-47-45-43-41-34-32-30-28-26-24-22-20-18-16-14-12-10-8-6-4-2)76-108-92-88(106)85(103)90(80(74-97)110-92)113-94-89(107)86(104)91(81(75-98)111-94)112-93-87(105)84(102)83(101)79(73-96)109-93/h21,23,69,71,77-81,83-94,96-99,101-107H,3-20,22,24-68,70,72-76H2,1-2H3,(H,95,100)/b23-21-,71-69+. The van der Waals surface area contributed by atoms with Crippen molar-refractivity contribution in [1.29, 1.82) is 0 Å². The smallest absolute Gasteiger partial charge is 0.220 e. The number of unbranched alkanes of at least 4 members (excludes halogenated alkanes) is 62. The summed E-state index contributed by atoms with van der Waals surface area (Å²) in [5.41, 5.74) is 0. The Labute approximate surface area is 689 Å². The first-order valence-electron chi connectivity index (χ1n) is 48.1. The molecule has 0 bridgehead atoms. The van der Waals surface area contributed by atoms with Crippen LogP contribution in [0.2, 0.25) is 0 Å². The number of allylic oxidation sites excluding steroid dienone is 3. The SMILES string of the molecule is CCCCCCCCCC/C=C\CCCCCCCCCCCCCCCCCCCCCCCCCCCC(=O)NC(COC1OC(CO)C(OC2OC(CO)C(OC3OC(CO)C(O)C(O)C3O)C(O)C2O)C(O)C1O)C(O)/C=C/CCCCCCCCCCCCCCCCCCCCCCCCCCCCCCC. The highest BCUT2D eigenvalue weighted by molar-refractivity contribution is 5.76. The maximum absolute atomic E-state index is 13.5. The maximum Gasteiger partial charge on any atom is 0.220 e. The van der Waals surface area contributed by atoms with E-state index in [4.69, 9.17) is 28.4 Å². The molecule has 0 aromatic rings. The second kappa shape index (κ2) is 74.1. The molecular formula is C94H179NO18. The molecule has 0 radical (unpaired) electrons. The van der Waals surface area contributed by atoms with Gasteiger partial charge in [0, 0.05) is 6.42 Å². The topological polar surface area (TPSA) is 307 Å². The molecule has 3 saturated heterocycles. The largest absolute Gasteiger partial charge is 0.394 e. The van der Waals surface area contributed by atoms with Crippen molar-refractivity contribution in [3.63, 3.8) is 0 Å². The van der Waals surface area contributed by atoms with Crippen LogP contribution in [0.15, 0.2) is 24.3 Å². The number of carbonyl (C=O) groups excluding carboxylic acids is 1. The average Bonchev–Trinajstić information content (AvgIpc) is 0.779. The molecule has 668 valence electrons.